The van der Waals surface area contributed by atoms with Gasteiger partial charge in [-0.2, -0.15) is 0 Å². The molecule has 30 heavy (non-hydrogen) atoms. The lowest BCUT2D eigenvalue weighted by Gasteiger charge is -2.10. The van der Waals surface area contributed by atoms with Gasteiger partial charge in [-0.3, -0.25) is 20.4 Å². The summed E-state index contributed by atoms with van der Waals surface area (Å²) >= 11 is 0. The van der Waals surface area contributed by atoms with Gasteiger partial charge in [0.1, 0.15) is 11.1 Å². The van der Waals surface area contributed by atoms with Crippen molar-refractivity contribution in [2.45, 2.75) is 13.8 Å². The third-order valence-electron chi connectivity index (χ3n) is 4.87. The molecule has 0 spiro atoms. The van der Waals surface area contributed by atoms with Crippen LogP contribution in [0.5, 0.6) is 0 Å². The normalized spacial score (nSPS) is 10.7. The molecule has 2 N–H and O–H groups in total. The number of aryl methyl sites for hydroxylation is 1. The van der Waals surface area contributed by atoms with Crippen LogP contribution in [0.1, 0.15) is 32.1 Å². The van der Waals surface area contributed by atoms with Crippen LogP contribution in [-0.2, 0) is 0 Å². The average molecular weight is 401 g/mol. The van der Waals surface area contributed by atoms with Crippen LogP contribution in [0.25, 0.3) is 16.7 Å². The van der Waals surface area contributed by atoms with Crippen LogP contribution in [-0.4, -0.2) is 16.4 Å². The van der Waals surface area contributed by atoms with Gasteiger partial charge in [0.25, 0.3) is 11.8 Å². The number of carbonyl (C=O) groups is 2. The van der Waals surface area contributed by atoms with Gasteiger partial charge in [0, 0.05) is 22.5 Å². The van der Waals surface area contributed by atoms with Gasteiger partial charge in [-0.25, -0.2) is 4.79 Å². The topological polar surface area (TPSA) is 93.3 Å². The lowest BCUT2D eigenvalue weighted by atomic mass is 10.2. The molecule has 2 heterocycles. The summed E-state index contributed by atoms with van der Waals surface area (Å²) in [6.07, 6.45) is 0. The molecule has 4 rings (SSSR count). The van der Waals surface area contributed by atoms with Crippen LogP contribution in [0.2, 0.25) is 0 Å². The Kier molecular flexibility index (Phi) is 4.93. The first kappa shape index (κ1) is 19.2. The third kappa shape index (κ3) is 3.48. The van der Waals surface area contributed by atoms with Crippen LogP contribution in [0, 0.1) is 13.8 Å². The van der Waals surface area contributed by atoms with Crippen LogP contribution in [0.3, 0.4) is 0 Å². The molecule has 0 aliphatic carbocycles. The quantitative estimate of drug-likeness (QED) is 0.407. The van der Waals surface area contributed by atoms with Crippen LogP contribution in [0.15, 0.2) is 75.9 Å². The van der Waals surface area contributed by atoms with E-state index >= 15 is 0 Å². The van der Waals surface area contributed by atoms with Gasteiger partial charge in [0.2, 0.25) is 0 Å². The standard InChI is InChI=1S/C23H19N3O4/c1-14-12-18(15(2)26(14)17-9-4-3-5-10-17)21(27)24-25-22(28)19-13-16-8-6-7-11-20(16)30-23(19)29/h3-13H,1-2H3,(H,24,27)(H,25,28). The number of benzene rings is 2. The fraction of sp³-hybridized carbons (Fsp3) is 0.0870. The van der Waals surface area contributed by atoms with E-state index in [9.17, 15) is 14.4 Å². The molecule has 0 aliphatic rings. The van der Waals surface area contributed by atoms with E-state index in [1.807, 2.05) is 48.7 Å². The van der Waals surface area contributed by atoms with E-state index in [0.717, 1.165) is 17.1 Å². The number of nitrogens with one attached hydrogen (secondary N) is 2. The number of fused-ring (bicyclic) bond motifs is 1. The maximum Gasteiger partial charge on any atom is 0.349 e. The number of amides is 2. The van der Waals surface area contributed by atoms with Gasteiger partial charge in [-0.1, -0.05) is 36.4 Å². The Morgan fingerprint density at radius 2 is 1.47 bits per heavy atom. The van der Waals surface area contributed by atoms with Crippen molar-refractivity contribution in [2.24, 2.45) is 0 Å². The Morgan fingerprint density at radius 1 is 0.833 bits per heavy atom. The summed E-state index contributed by atoms with van der Waals surface area (Å²) < 4.78 is 7.11. The summed E-state index contributed by atoms with van der Waals surface area (Å²) in [5.74, 6) is -1.23. The molecule has 2 amide bonds. The second kappa shape index (κ2) is 7.71. The predicted octanol–water partition coefficient (Wildman–Crippen LogP) is 3.28. The molecule has 2 aromatic heterocycles. The van der Waals surface area contributed by atoms with Crippen LogP contribution < -0.4 is 16.5 Å². The molecule has 7 nitrogen and oxygen atoms in total. The van der Waals surface area contributed by atoms with Crippen molar-refractivity contribution < 1.29 is 14.0 Å². The molecule has 7 heteroatoms. The third-order valence-corrected chi connectivity index (χ3v) is 4.87. The van der Waals surface area contributed by atoms with E-state index in [2.05, 4.69) is 10.9 Å². The van der Waals surface area contributed by atoms with Crippen molar-refractivity contribution in [3.8, 4) is 5.69 Å². The highest BCUT2D eigenvalue weighted by Gasteiger charge is 2.19. The molecule has 150 valence electrons. The first-order valence-corrected chi connectivity index (χ1v) is 9.33. The number of carbonyl (C=O) groups excluding carboxylic acids is 2. The van der Waals surface area contributed by atoms with Crippen molar-refractivity contribution in [2.75, 3.05) is 0 Å². The smallest absolute Gasteiger partial charge is 0.349 e. The van der Waals surface area contributed by atoms with E-state index in [4.69, 9.17) is 4.42 Å². The Bertz CT molecular complexity index is 1320. The summed E-state index contributed by atoms with van der Waals surface area (Å²) in [5, 5.41) is 0.611. The summed E-state index contributed by atoms with van der Waals surface area (Å²) in [4.78, 5) is 37.2. The van der Waals surface area contributed by atoms with E-state index in [1.54, 1.807) is 30.3 Å². The van der Waals surface area contributed by atoms with Gasteiger partial charge >= 0.3 is 5.63 Å². The highest BCUT2D eigenvalue weighted by Crippen LogP contribution is 2.20. The largest absolute Gasteiger partial charge is 0.422 e. The lowest BCUT2D eigenvalue weighted by Crippen LogP contribution is -2.43. The van der Waals surface area contributed by atoms with Crippen molar-refractivity contribution in [1.29, 1.82) is 0 Å². The molecule has 0 fully saturated rings. The molecule has 0 radical (unpaired) electrons. The molecule has 0 bridgehead atoms. The van der Waals surface area contributed by atoms with E-state index < -0.39 is 17.4 Å². The SMILES string of the molecule is Cc1cc(C(=O)NNC(=O)c2cc3ccccc3oc2=O)c(C)n1-c1ccccc1. The summed E-state index contributed by atoms with van der Waals surface area (Å²) in [6.45, 7) is 3.73. The van der Waals surface area contributed by atoms with E-state index in [1.165, 1.54) is 6.07 Å². The minimum Gasteiger partial charge on any atom is -0.422 e. The minimum atomic E-state index is -0.775. The number of nitrogens with zero attached hydrogens (tertiary/aromatic N) is 1. The average Bonchev–Trinajstić information content (AvgIpc) is 3.05. The molecule has 0 saturated heterocycles. The molecular weight excluding hydrogens is 382 g/mol. The van der Waals surface area contributed by atoms with E-state index in [0.29, 0.717) is 16.5 Å². The number of aromatic nitrogens is 1. The van der Waals surface area contributed by atoms with Gasteiger partial charge in [0.15, 0.2) is 0 Å². The Hall–Kier alpha value is -4.13. The predicted molar refractivity (Wildman–Crippen MR) is 113 cm³/mol. The number of hydrogen-bond acceptors (Lipinski definition) is 4. The first-order chi connectivity index (χ1) is 14.5. The second-order valence-corrected chi connectivity index (χ2v) is 6.85. The number of hydrazine groups is 1. The van der Waals surface area contributed by atoms with Gasteiger partial charge in [-0.15, -0.1) is 0 Å². The van der Waals surface area contributed by atoms with Crippen molar-refractivity contribution in [1.82, 2.24) is 15.4 Å². The van der Waals surface area contributed by atoms with Crippen molar-refractivity contribution in [3.05, 3.63) is 99.7 Å². The first-order valence-electron chi connectivity index (χ1n) is 9.33. The number of para-hydroxylation sites is 2. The monoisotopic (exact) mass is 401 g/mol. The van der Waals surface area contributed by atoms with E-state index in [-0.39, 0.29) is 5.56 Å². The number of rotatable bonds is 3. The molecule has 2 aromatic carbocycles. The van der Waals surface area contributed by atoms with Crippen molar-refractivity contribution in [3.63, 3.8) is 0 Å². The van der Waals surface area contributed by atoms with Crippen LogP contribution in [0.4, 0.5) is 0 Å². The fourth-order valence-corrected chi connectivity index (χ4v) is 3.44. The van der Waals surface area contributed by atoms with Crippen molar-refractivity contribution >= 4 is 22.8 Å². The Balaban J connectivity index is 1.54. The zero-order chi connectivity index (χ0) is 21.3. The molecule has 0 aliphatic heterocycles. The Labute approximate surface area is 171 Å². The fourth-order valence-electron chi connectivity index (χ4n) is 3.44. The molecular formula is C23H19N3O4. The second-order valence-electron chi connectivity index (χ2n) is 6.85. The lowest BCUT2D eigenvalue weighted by molar-refractivity contribution is 0.0844. The summed E-state index contributed by atoms with van der Waals surface area (Å²) in [6, 6.07) is 19.7. The molecule has 0 atom stereocenters. The maximum atomic E-state index is 12.7. The molecule has 4 aromatic rings. The number of hydrogen-bond donors (Lipinski definition) is 2. The van der Waals surface area contributed by atoms with Gasteiger partial charge in [0.05, 0.1) is 5.56 Å². The Morgan fingerprint density at radius 3 is 2.20 bits per heavy atom. The molecule has 0 saturated carbocycles. The zero-order valence-corrected chi connectivity index (χ0v) is 16.4. The van der Waals surface area contributed by atoms with Gasteiger partial charge in [-0.05, 0) is 44.2 Å². The molecule has 0 unspecified atom stereocenters. The highest BCUT2D eigenvalue weighted by atomic mass is 16.4. The highest BCUT2D eigenvalue weighted by molar-refractivity contribution is 6.00. The summed E-state index contributed by atoms with van der Waals surface area (Å²) in [7, 11) is 0. The maximum absolute atomic E-state index is 12.7. The van der Waals surface area contributed by atoms with Crippen LogP contribution >= 0.6 is 0 Å². The minimum absolute atomic E-state index is 0.191. The summed E-state index contributed by atoms with van der Waals surface area (Å²) in [5.41, 5.74) is 7.05. The van der Waals surface area contributed by atoms with Gasteiger partial charge < -0.3 is 8.98 Å². The zero-order valence-electron chi connectivity index (χ0n) is 16.4.